The lowest BCUT2D eigenvalue weighted by atomic mass is 9.83. The van der Waals surface area contributed by atoms with E-state index in [1.165, 1.54) is 43.5 Å². The molecule has 0 bridgehead atoms. The molecule has 0 radical (unpaired) electrons. The van der Waals surface area contributed by atoms with Gasteiger partial charge in [-0.2, -0.15) is 0 Å². The maximum Gasteiger partial charge on any atom is 0.0707 e. The Kier molecular flexibility index (Phi) is 4.52. The summed E-state index contributed by atoms with van der Waals surface area (Å²) >= 11 is 0. The quantitative estimate of drug-likeness (QED) is 0.788. The Morgan fingerprint density at radius 3 is 2.61 bits per heavy atom. The summed E-state index contributed by atoms with van der Waals surface area (Å²) in [5.74, 6) is 0. The number of benzene rings is 2. The zero-order chi connectivity index (χ0) is 18.9. The molecule has 1 atom stereocenters. The van der Waals surface area contributed by atoms with Crippen LogP contribution < -0.4 is 15.8 Å². The van der Waals surface area contributed by atoms with Crippen molar-refractivity contribution in [2.45, 2.75) is 45.1 Å². The lowest BCUT2D eigenvalue weighted by Gasteiger charge is -2.24. The number of allylic oxidation sites excluding steroid dienone is 6. The highest BCUT2D eigenvalue weighted by Gasteiger charge is 2.20. The van der Waals surface area contributed by atoms with Crippen LogP contribution in [0.15, 0.2) is 60.9 Å². The first-order valence-corrected chi connectivity index (χ1v) is 10.6. The number of aryl methyl sites for hydroxylation is 1. The molecular weight excluding hydrogens is 338 g/mol. The van der Waals surface area contributed by atoms with Gasteiger partial charge >= 0.3 is 0 Å². The van der Waals surface area contributed by atoms with Gasteiger partial charge in [0.25, 0.3) is 0 Å². The van der Waals surface area contributed by atoms with Gasteiger partial charge in [0, 0.05) is 0 Å². The molecule has 0 saturated heterocycles. The molecular formula is C27H27N. The molecule has 2 aromatic rings. The van der Waals surface area contributed by atoms with Crippen LogP contribution in [0.3, 0.4) is 0 Å². The highest BCUT2D eigenvalue weighted by atomic mass is 14.9. The molecule has 1 heteroatoms. The third-order valence-corrected chi connectivity index (χ3v) is 6.20. The van der Waals surface area contributed by atoms with Gasteiger partial charge in [0.2, 0.25) is 0 Å². The van der Waals surface area contributed by atoms with Crippen molar-refractivity contribution in [3.63, 3.8) is 0 Å². The minimum atomic E-state index is 0.227. The second-order valence-electron chi connectivity index (χ2n) is 7.88. The number of fused-ring (bicyclic) bond motifs is 2. The molecule has 140 valence electrons. The van der Waals surface area contributed by atoms with E-state index < -0.39 is 0 Å². The standard InChI is InChI=1S/C27H27N/c1-2-19-15-16-23-24(18-19)27(25-14-8-9-17-28-25)22-13-7-6-12-21(22)26(23)20-10-4-3-5-11-20/h3-4,8-10,12-18,25,28H,2,5-7,11H2,1H3. The van der Waals surface area contributed by atoms with Crippen LogP contribution in [0.1, 0.15) is 55.3 Å². The molecule has 2 aliphatic carbocycles. The van der Waals surface area contributed by atoms with Gasteiger partial charge in [-0.25, -0.2) is 0 Å². The lowest BCUT2D eigenvalue weighted by molar-refractivity contribution is 0.746. The first-order valence-electron chi connectivity index (χ1n) is 10.6. The third-order valence-electron chi connectivity index (χ3n) is 6.20. The Hall–Kier alpha value is -2.80. The van der Waals surface area contributed by atoms with Gasteiger partial charge in [-0.15, -0.1) is 0 Å². The van der Waals surface area contributed by atoms with Gasteiger partial charge in [0.05, 0.1) is 6.04 Å². The van der Waals surface area contributed by atoms with Crippen LogP contribution in [0.2, 0.25) is 0 Å². The zero-order valence-corrected chi connectivity index (χ0v) is 16.5. The molecule has 1 N–H and O–H groups in total. The SMILES string of the molecule is CCc1ccc2c(C3=CC=CCC3)c3c(c(C4C=CC=CN4)c2c1)=CCCC=3. The summed E-state index contributed by atoms with van der Waals surface area (Å²) in [6.45, 7) is 2.25. The maximum atomic E-state index is 3.59. The summed E-state index contributed by atoms with van der Waals surface area (Å²) in [6.07, 6.45) is 26.0. The van der Waals surface area contributed by atoms with Crippen molar-refractivity contribution in [2.24, 2.45) is 0 Å². The van der Waals surface area contributed by atoms with E-state index in [1.54, 1.807) is 0 Å². The van der Waals surface area contributed by atoms with Crippen molar-refractivity contribution in [1.29, 1.82) is 0 Å². The smallest absolute Gasteiger partial charge is 0.0707 e. The fraction of sp³-hybridized carbons (Fsp3) is 0.259. The van der Waals surface area contributed by atoms with E-state index >= 15 is 0 Å². The summed E-state index contributed by atoms with van der Waals surface area (Å²) < 4.78 is 0. The Morgan fingerprint density at radius 1 is 0.964 bits per heavy atom. The molecule has 0 saturated carbocycles. The Balaban J connectivity index is 1.92. The molecule has 1 aliphatic heterocycles. The Bertz CT molecular complexity index is 1170. The molecule has 28 heavy (non-hydrogen) atoms. The van der Waals surface area contributed by atoms with Crippen LogP contribution in [-0.4, -0.2) is 0 Å². The summed E-state index contributed by atoms with van der Waals surface area (Å²) in [5.41, 5.74) is 5.80. The minimum absolute atomic E-state index is 0.227. The van der Waals surface area contributed by atoms with Crippen LogP contribution in [0.4, 0.5) is 0 Å². The van der Waals surface area contributed by atoms with Crippen molar-refractivity contribution in [3.05, 3.63) is 88.0 Å². The van der Waals surface area contributed by atoms with Crippen LogP contribution in [-0.2, 0) is 6.42 Å². The molecule has 1 unspecified atom stereocenters. The molecule has 5 rings (SSSR count). The molecule has 1 nitrogen and oxygen atoms in total. The van der Waals surface area contributed by atoms with Gasteiger partial charge < -0.3 is 5.32 Å². The van der Waals surface area contributed by atoms with Crippen LogP contribution in [0.5, 0.6) is 0 Å². The van der Waals surface area contributed by atoms with Crippen LogP contribution in [0.25, 0.3) is 28.5 Å². The third kappa shape index (κ3) is 2.86. The average Bonchev–Trinajstić information content (AvgIpc) is 2.78. The normalized spacial score (nSPS) is 20.2. The van der Waals surface area contributed by atoms with Crippen LogP contribution in [0, 0.1) is 0 Å². The number of hydrogen-bond donors (Lipinski definition) is 1. The predicted molar refractivity (Wildman–Crippen MR) is 121 cm³/mol. The van der Waals surface area contributed by atoms with Gasteiger partial charge in [-0.3, -0.25) is 0 Å². The first-order chi connectivity index (χ1) is 13.9. The molecule has 3 aliphatic rings. The molecule has 0 amide bonds. The number of nitrogens with one attached hydrogen (secondary N) is 1. The van der Waals surface area contributed by atoms with Crippen molar-refractivity contribution in [3.8, 4) is 0 Å². The van der Waals surface area contributed by atoms with Crippen molar-refractivity contribution in [1.82, 2.24) is 5.32 Å². The van der Waals surface area contributed by atoms with Gasteiger partial charge in [-0.1, -0.05) is 67.7 Å². The maximum absolute atomic E-state index is 3.59. The topological polar surface area (TPSA) is 12.0 Å². The van der Waals surface area contributed by atoms with Crippen molar-refractivity contribution < 1.29 is 0 Å². The number of hydrogen-bond acceptors (Lipinski definition) is 1. The molecule has 0 aromatic heterocycles. The Labute approximate surface area is 167 Å². The summed E-state index contributed by atoms with van der Waals surface area (Å²) in [5, 5.41) is 9.29. The van der Waals surface area contributed by atoms with Crippen molar-refractivity contribution >= 4 is 28.5 Å². The second kappa shape index (κ2) is 7.31. The predicted octanol–water partition coefficient (Wildman–Crippen LogP) is 5.20. The van der Waals surface area contributed by atoms with E-state index in [2.05, 4.69) is 85.2 Å². The molecule has 0 fully saturated rings. The van der Waals surface area contributed by atoms with E-state index in [0.29, 0.717) is 0 Å². The highest BCUT2D eigenvalue weighted by molar-refractivity contribution is 5.98. The summed E-state index contributed by atoms with van der Waals surface area (Å²) in [7, 11) is 0. The minimum Gasteiger partial charge on any atom is -0.381 e. The van der Waals surface area contributed by atoms with E-state index in [1.807, 2.05) is 0 Å². The van der Waals surface area contributed by atoms with E-state index in [9.17, 15) is 0 Å². The first kappa shape index (κ1) is 17.3. The molecule has 2 aromatic carbocycles. The molecule has 1 heterocycles. The van der Waals surface area contributed by atoms with E-state index in [-0.39, 0.29) is 6.04 Å². The second-order valence-corrected chi connectivity index (χ2v) is 7.88. The summed E-state index contributed by atoms with van der Waals surface area (Å²) in [4.78, 5) is 0. The van der Waals surface area contributed by atoms with E-state index in [0.717, 1.165) is 32.1 Å². The zero-order valence-electron chi connectivity index (χ0n) is 16.5. The Morgan fingerprint density at radius 2 is 1.86 bits per heavy atom. The largest absolute Gasteiger partial charge is 0.381 e. The van der Waals surface area contributed by atoms with Gasteiger partial charge in [0.15, 0.2) is 0 Å². The lowest BCUT2D eigenvalue weighted by Crippen LogP contribution is -2.37. The number of dihydropyridines is 1. The summed E-state index contributed by atoms with van der Waals surface area (Å²) in [6, 6.07) is 7.35. The average molecular weight is 366 g/mol. The van der Waals surface area contributed by atoms with Crippen molar-refractivity contribution in [2.75, 3.05) is 0 Å². The fourth-order valence-electron chi connectivity index (χ4n) is 4.83. The highest BCUT2D eigenvalue weighted by Crippen LogP contribution is 2.32. The van der Waals surface area contributed by atoms with Crippen LogP contribution >= 0.6 is 0 Å². The fourth-order valence-corrected chi connectivity index (χ4v) is 4.83. The van der Waals surface area contributed by atoms with Gasteiger partial charge in [0.1, 0.15) is 0 Å². The monoisotopic (exact) mass is 365 g/mol. The number of rotatable bonds is 3. The molecule has 0 spiro atoms. The van der Waals surface area contributed by atoms with Gasteiger partial charge in [-0.05, 0) is 87.9 Å². The van der Waals surface area contributed by atoms with E-state index in [4.69, 9.17) is 0 Å².